The molecule has 0 spiro atoms. The highest BCUT2D eigenvalue weighted by Crippen LogP contribution is 2.19. The first-order chi connectivity index (χ1) is 12.3. The third-order valence-corrected chi connectivity index (χ3v) is 6.25. The molecule has 0 saturated heterocycles. The van der Waals surface area contributed by atoms with Crippen LogP contribution in [0, 0.1) is 5.82 Å². The zero-order chi connectivity index (χ0) is 19.3. The summed E-state index contributed by atoms with van der Waals surface area (Å²) >= 11 is 0. The minimum Gasteiger partial charge on any atom is -0.494 e. The quantitative estimate of drug-likeness (QED) is 0.764. The molecule has 2 aromatic carbocycles. The van der Waals surface area contributed by atoms with Crippen molar-refractivity contribution in [3.8, 4) is 5.75 Å². The molecule has 0 aliphatic heterocycles. The molecule has 0 radical (unpaired) electrons. The number of methoxy groups -OCH3 is 1. The molecule has 7 heteroatoms. The summed E-state index contributed by atoms with van der Waals surface area (Å²) in [5.41, 5.74) is 1.76. The second kappa shape index (κ2) is 8.62. The normalized spacial score (nSPS) is 12.0. The predicted octanol–water partition coefficient (Wildman–Crippen LogP) is 3.15. The number of hydrogen-bond acceptors (Lipinski definition) is 4. The van der Waals surface area contributed by atoms with Gasteiger partial charge in [-0.3, -0.25) is 0 Å². The van der Waals surface area contributed by atoms with Crippen LogP contribution in [-0.4, -0.2) is 32.9 Å². The molecule has 0 unspecified atom stereocenters. The van der Waals surface area contributed by atoms with Crippen molar-refractivity contribution in [3.63, 3.8) is 0 Å². The lowest BCUT2D eigenvalue weighted by atomic mass is 10.2. The molecule has 2 aromatic rings. The third-order valence-electron chi connectivity index (χ3n) is 4.20. The largest absolute Gasteiger partial charge is 0.494 e. The van der Waals surface area contributed by atoms with Gasteiger partial charge in [0.2, 0.25) is 10.0 Å². The summed E-state index contributed by atoms with van der Waals surface area (Å²) in [7, 11) is -0.468. The lowest BCUT2D eigenvalue weighted by Crippen LogP contribution is -2.33. The molecule has 0 fully saturated rings. The molecule has 0 aliphatic rings. The van der Waals surface area contributed by atoms with Gasteiger partial charge in [-0.25, -0.2) is 12.8 Å². The first-order valence-corrected chi connectivity index (χ1v) is 9.80. The average molecular weight is 380 g/mol. The molecule has 0 aliphatic carbocycles. The Morgan fingerprint density at radius 1 is 1.08 bits per heavy atom. The standard InChI is InChI=1S/C19H25FN2O3S/c1-14(2)22(3)26(23,24)17-8-5-15(6-9-17)12-21-13-16-7-10-19(25-4)18(20)11-16/h5-11,14,21H,12-13H2,1-4H3. The monoisotopic (exact) mass is 380 g/mol. The minimum absolute atomic E-state index is 0.105. The van der Waals surface area contributed by atoms with E-state index in [1.54, 1.807) is 43.4 Å². The van der Waals surface area contributed by atoms with Gasteiger partial charge >= 0.3 is 0 Å². The van der Waals surface area contributed by atoms with Crippen LogP contribution in [0.5, 0.6) is 5.75 Å². The maximum atomic E-state index is 13.7. The van der Waals surface area contributed by atoms with Gasteiger partial charge in [0.15, 0.2) is 11.6 Å². The molecule has 0 heterocycles. The lowest BCUT2D eigenvalue weighted by molar-refractivity contribution is 0.386. The third kappa shape index (κ3) is 4.81. The van der Waals surface area contributed by atoms with E-state index in [0.29, 0.717) is 13.1 Å². The van der Waals surface area contributed by atoms with E-state index in [1.807, 2.05) is 13.8 Å². The first-order valence-electron chi connectivity index (χ1n) is 8.36. The Morgan fingerprint density at radius 2 is 1.65 bits per heavy atom. The Morgan fingerprint density at radius 3 is 2.19 bits per heavy atom. The SMILES string of the molecule is COc1ccc(CNCc2ccc(S(=O)(=O)N(C)C(C)C)cc2)cc1F. The van der Waals surface area contributed by atoms with Crippen molar-refractivity contribution in [1.82, 2.24) is 9.62 Å². The van der Waals surface area contributed by atoms with Crippen LogP contribution >= 0.6 is 0 Å². The van der Waals surface area contributed by atoms with Crippen LogP contribution < -0.4 is 10.1 Å². The lowest BCUT2D eigenvalue weighted by Gasteiger charge is -2.21. The van der Waals surface area contributed by atoms with E-state index in [-0.39, 0.29) is 16.7 Å². The van der Waals surface area contributed by atoms with Gasteiger partial charge in [0.05, 0.1) is 12.0 Å². The van der Waals surface area contributed by atoms with Gasteiger partial charge < -0.3 is 10.1 Å². The predicted molar refractivity (Wildman–Crippen MR) is 100 cm³/mol. The van der Waals surface area contributed by atoms with Crippen molar-refractivity contribution < 1.29 is 17.5 Å². The van der Waals surface area contributed by atoms with Crippen LogP contribution in [0.3, 0.4) is 0 Å². The van der Waals surface area contributed by atoms with Crippen LogP contribution in [-0.2, 0) is 23.1 Å². The van der Waals surface area contributed by atoms with Crippen molar-refractivity contribution in [3.05, 3.63) is 59.4 Å². The number of hydrogen-bond donors (Lipinski definition) is 1. The fourth-order valence-corrected chi connectivity index (χ4v) is 3.76. The molecule has 5 nitrogen and oxygen atoms in total. The minimum atomic E-state index is -3.47. The summed E-state index contributed by atoms with van der Waals surface area (Å²) in [5.74, 6) is -0.174. The van der Waals surface area contributed by atoms with E-state index in [1.165, 1.54) is 17.5 Å². The highest BCUT2D eigenvalue weighted by Gasteiger charge is 2.22. The van der Waals surface area contributed by atoms with Crippen molar-refractivity contribution in [2.24, 2.45) is 0 Å². The number of nitrogens with one attached hydrogen (secondary N) is 1. The van der Waals surface area contributed by atoms with Crippen molar-refractivity contribution >= 4 is 10.0 Å². The van der Waals surface area contributed by atoms with Gasteiger partial charge in [-0.05, 0) is 49.2 Å². The van der Waals surface area contributed by atoms with E-state index >= 15 is 0 Å². The Kier molecular flexibility index (Phi) is 6.75. The summed E-state index contributed by atoms with van der Waals surface area (Å²) in [6.45, 7) is 4.71. The number of ether oxygens (including phenoxy) is 1. The van der Waals surface area contributed by atoms with E-state index in [9.17, 15) is 12.8 Å². The Bertz CT molecular complexity index is 836. The molecule has 0 amide bonds. The molecule has 0 bridgehead atoms. The number of halogens is 1. The van der Waals surface area contributed by atoms with Crippen molar-refractivity contribution in [2.45, 2.75) is 37.9 Å². The summed E-state index contributed by atoms with van der Waals surface area (Å²) in [6, 6.07) is 11.5. The molecule has 0 saturated carbocycles. The van der Waals surface area contributed by atoms with Gasteiger partial charge in [-0.2, -0.15) is 4.31 Å². The molecular formula is C19H25FN2O3S. The van der Waals surface area contributed by atoms with Gasteiger partial charge in [0.1, 0.15) is 0 Å². The highest BCUT2D eigenvalue weighted by atomic mass is 32.2. The Balaban J connectivity index is 1.96. The van der Waals surface area contributed by atoms with Gasteiger partial charge in [-0.1, -0.05) is 18.2 Å². The molecule has 1 N–H and O–H groups in total. The van der Waals surface area contributed by atoms with Crippen LogP contribution in [0.2, 0.25) is 0 Å². The Labute approximate surface area is 154 Å². The van der Waals surface area contributed by atoms with Gasteiger partial charge in [0, 0.05) is 26.2 Å². The van der Waals surface area contributed by atoms with Crippen LogP contribution in [0.25, 0.3) is 0 Å². The van der Waals surface area contributed by atoms with Crippen molar-refractivity contribution in [2.75, 3.05) is 14.2 Å². The molecule has 142 valence electrons. The zero-order valence-electron chi connectivity index (χ0n) is 15.5. The number of nitrogens with zero attached hydrogens (tertiary/aromatic N) is 1. The van der Waals surface area contributed by atoms with E-state index in [0.717, 1.165) is 11.1 Å². The number of sulfonamides is 1. The molecule has 0 atom stereocenters. The topological polar surface area (TPSA) is 58.6 Å². The average Bonchev–Trinajstić information content (AvgIpc) is 2.61. The molecular weight excluding hydrogens is 355 g/mol. The van der Waals surface area contributed by atoms with E-state index in [2.05, 4.69) is 5.32 Å². The second-order valence-electron chi connectivity index (χ2n) is 6.33. The van der Waals surface area contributed by atoms with E-state index in [4.69, 9.17) is 4.74 Å². The maximum Gasteiger partial charge on any atom is 0.243 e. The maximum absolute atomic E-state index is 13.7. The van der Waals surface area contributed by atoms with Gasteiger partial charge in [-0.15, -0.1) is 0 Å². The molecule has 0 aromatic heterocycles. The van der Waals surface area contributed by atoms with Crippen LogP contribution in [0.4, 0.5) is 4.39 Å². The fraction of sp³-hybridized carbons (Fsp3) is 0.368. The summed E-state index contributed by atoms with van der Waals surface area (Å²) in [5, 5.41) is 3.21. The zero-order valence-corrected chi connectivity index (χ0v) is 16.3. The number of rotatable bonds is 8. The Hall–Kier alpha value is -1.96. The van der Waals surface area contributed by atoms with Crippen LogP contribution in [0.1, 0.15) is 25.0 Å². The molecule has 2 rings (SSSR count). The summed E-state index contributed by atoms with van der Waals surface area (Å²) in [4.78, 5) is 0.273. The fourth-order valence-electron chi connectivity index (χ4n) is 2.39. The first kappa shape index (κ1) is 20.4. The highest BCUT2D eigenvalue weighted by molar-refractivity contribution is 7.89. The summed E-state index contributed by atoms with van der Waals surface area (Å²) < 4.78 is 44.8. The van der Waals surface area contributed by atoms with Gasteiger partial charge in [0.25, 0.3) is 0 Å². The number of benzene rings is 2. The second-order valence-corrected chi connectivity index (χ2v) is 8.33. The van der Waals surface area contributed by atoms with Crippen LogP contribution in [0.15, 0.2) is 47.4 Å². The molecule has 26 heavy (non-hydrogen) atoms. The summed E-state index contributed by atoms with van der Waals surface area (Å²) in [6.07, 6.45) is 0. The van der Waals surface area contributed by atoms with E-state index < -0.39 is 15.8 Å². The smallest absolute Gasteiger partial charge is 0.243 e. The van der Waals surface area contributed by atoms with Crippen molar-refractivity contribution in [1.29, 1.82) is 0 Å².